The van der Waals surface area contributed by atoms with Crippen molar-refractivity contribution in [1.29, 1.82) is 0 Å². The van der Waals surface area contributed by atoms with Crippen molar-refractivity contribution >= 4 is 44.1 Å². The number of aryl methyl sites for hydroxylation is 3. The van der Waals surface area contributed by atoms with Crippen molar-refractivity contribution in [2.75, 3.05) is 6.54 Å². The van der Waals surface area contributed by atoms with Gasteiger partial charge in [0, 0.05) is 23.2 Å². The number of amides is 1. The molecule has 2 heterocycles. The van der Waals surface area contributed by atoms with Gasteiger partial charge in [0.15, 0.2) is 5.76 Å². The van der Waals surface area contributed by atoms with Gasteiger partial charge in [0.25, 0.3) is 5.91 Å². The van der Waals surface area contributed by atoms with Gasteiger partial charge in [0.2, 0.25) is 0 Å². The third-order valence-corrected chi connectivity index (χ3v) is 6.30. The second-order valence-electron chi connectivity index (χ2n) is 6.31. The SMILES string of the molecule is O=C(NCCCc1nc2c(s1)CCCC2)c1cc2cccc(Br)c2o1. The van der Waals surface area contributed by atoms with Crippen LogP contribution in [-0.2, 0) is 19.3 Å². The molecule has 1 aliphatic carbocycles. The minimum atomic E-state index is -0.165. The molecule has 1 aromatic carbocycles. The molecule has 3 aromatic rings. The minimum absolute atomic E-state index is 0.165. The number of aromatic nitrogens is 1. The normalized spacial score (nSPS) is 13.8. The molecule has 4 nitrogen and oxygen atoms in total. The molecule has 25 heavy (non-hydrogen) atoms. The van der Waals surface area contributed by atoms with E-state index in [0.717, 1.165) is 29.1 Å². The number of carbonyl (C=O) groups is 1. The number of benzene rings is 1. The molecule has 0 aliphatic heterocycles. The number of fused-ring (bicyclic) bond motifs is 2. The molecule has 1 amide bonds. The summed E-state index contributed by atoms with van der Waals surface area (Å²) >= 11 is 5.29. The van der Waals surface area contributed by atoms with Crippen molar-refractivity contribution < 1.29 is 9.21 Å². The number of thiazole rings is 1. The van der Waals surface area contributed by atoms with Crippen molar-refractivity contribution in [3.8, 4) is 0 Å². The lowest BCUT2D eigenvalue weighted by Gasteiger charge is -2.06. The predicted octanol–water partition coefficient (Wildman–Crippen LogP) is 4.89. The third-order valence-electron chi connectivity index (χ3n) is 4.46. The van der Waals surface area contributed by atoms with Crippen LogP contribution in [0.5, 0.6) is 0 Å². The zero-order valence-corrected chi connectivity index (χ0v) is 16.2. The van der Waals surface area contributed by atoms with Gasteiger partial charge in [-0.1, -0.05) is 12.1 Å². The highest BCUT2D eigenvalue weighted by Gasteiger charge is 2.16. The molecule has 0 saturated heterocycles. The number of nitrogens with zero attached hydrogens (tertiary/aromatic N) is 1. The molecule has 130 valence electrons. The second-order valence-corrected chi connectivity index (χ2v) is 8.34. The van der Waals surface area contributed by atoms with Crippen molar-refractivity contribution in [3.05, 3.63) is 50.1 Å². The lowest BCUT2D eigenvalue weighted by Crippen LogP contribution is -2.24. The second kappa shape index (κ2) is 7.30. The third kappa shape index (κ3) is 3.65. The number of rotatable bonds is 5. The molecule has 1 aliphatic rings. The Morgan fingerprint density at radius 1 is 1.32 bits per heavy atom. The Labute approximate surface area is 158 Å². The maximum absolute atomic E-state index is 12.3. The number of hydrogen-bond acceptors (Lipinski definition) is 4. The van der Waals surface area contributed by atoms with Crippen LogP contribution in [-0.4, -0.2) is 17.4 Å². The Morgan fingerprint density at radius 3 is 3.04 bits per heavy atom. The van der Waals surface area contributed by atoms with Gasteiger partial charge < -0.3 is 9.73 Å². The summed E-state index contributed by atoms with van der Waals surface area (Å²) in [5.74, 6) is 0.188. The number of nitrogens with one attached hydrogen (secondary N) is 1. The van der Waals surface area contributed by atoms with E-state index in [1.165, 1.54) is 34.8 Å². The van der Waals surface area contributed by atoms with Crippen molar-refractivity contribution in [2.24, 2.45) is 0 Å². The van der Waals surface area contributed by atoms with Crippen LogP contribution in [0, 0.1) is 0 Å². The molecular formula is C19H19BrN2O2S. The lowest BCUT2D eigenvalue weighted by molar-refractivity contribution is 0.0927. The van der Waals surface area contributed by atoms with Crippen molar-refractivity contribution in [1.82, 2.24) is 10.3 Å². The first kappa shape index (κ1) is 16.8. The molecule has 1 N–H and O–H groups in total. The molecule has 2 aromatic heterocycles. The number of hydrogen-bond donors (Lipinski definition) is 1. The first-order valence-corrected chi connectivity index (χ1v) is 10.3. The smallest absolute Gasteiger partial charge is 0.287 e. The van der Waals surface area contributed by atoms with E-state index in [0.29, 0.717) is 17.9 Å². The van der Waals surface area contributed by atoms with E-state index < -0.39 is 0 Å². The quantitative estimate of drug-likeness (QED) is 0.599. The molecule has 0 fully saturated rings. The van der Waals surface area contributed by atoms with Crippen molar-refractivity contribution in [3.63, 3.8) is 0 Å². The Hall–Kier alpha value is -1.66. The number of carbonyl (C=O) groups excluding carboxylic acids is 1. The van der Waals surface area contributed by atoms with Gasteiger partial charge in [-0.15, -0.1) is 11.3 Å². The predicted molar refractivity (Wildman–Crippen MR) is 103 cm³/mol. The van der Waals surface area contributed by atoms with E-state index in [4.69, 9.17) is 9.40 Å². The van der Waals surface area contributed by atoms with E-state index >= 15 is 0 Å². The highest BCUT2D eigenvalue weighted by atomic mass is 79.9. The fourth-order valence-corrected chi connectivity index (χ4v) is 4.84. The minimum Gasteiger partial charge on any atom is -0.450 e. The highest BCUT2D eigenvalue weighted by molar-refractivity contribution is 9.10. The Morgan fingerprint density at radius 2 is 2.20 bits per heavy atom. The molecule has 0 bridgehead atoms. The Balaban J connectivity index is 1.31. The fraction of sp³-hybridized carbons (Fsp3) is 0.368. The first-order chi connectivity index (χ1) is 12.2. The molecule has 0 spiro atoms. The van der Waals surface area contributed by atoms with Crippen LogP contribution in [0.4, 0.5) is 0 Å². The summed E-state index contributed by atoms with van der Waals surface area (Å²) in [7, 11) is 0. The fourth-order valence-electron chi connectivity index (χ4n) is 3.18. The molecule has 0 saturated carbocycles. The maximum Gasteiger partial charge on any atom is 0.287 e. The Kier molecular flexibility index (Phi) is 4.90. The van der Waals surface area contributed by atoms with Gasteiger partial charge in [-0.25, -0.2) is 4.98 Å². The molecule has 0 atom stereocenters. The molecular weight excluding hydrogens is 400 g/mol. The van der Waals surface area contributed by atoms with E-state index in [9.17, 15) is 4.79 Å². The Bertz CT molecular complexity index is 892. The molecule has 0 unspecified atom stereocenters. The summed E-state index contributed by atoms with van der Waals surface area (Å²) in [6, 6.07) is 7.55. The number of halogens is 1. The van der Waals surface area contributed by atoms with Gasteiger partial charge >= 0.3 is 0 Å². The van der Waals surface area contributed by atoms with E-state index in [2.05, 4.69) is 21.2 Å². The van der Waals surface area contributed by atoms with Crippen LogP contribution in [0.2, 0.25) is 0 Å². The zero-order chi connectivity index (χ0) is 17.2. The van der Waals surface area contributed by atoms with Crippen LogP contribution >= 0.6 is 27.3 Å². The largest absolute Gasteiger partial charge is 0.450 e. The lowest BCUT2D eigenvalue weighted by atomic mass is 10.0. The molecule has 6 heteroatoms. The van der Waals surface area contributed by atoms with Crippen LogP contribution in [0.25, 0.3) is 11.0 Å². The molecule has 4 rings (SSSR count). The highest BCUT2D eigenvalue weighted by Crippen LogP contribution is 2.28. The molecule has 0 radical (unpaired) electrons. The van der Waals surface area contributed by atoms with E-state index in [1.54, 1.807) is 6.07 Å². The average Bonchev–Trinajstić information content (AvgIpc) is 3.23. The zero-order valence-electron chi connectivity index (χ0n) is 13.8. The number of para-hydroxylation sites is 1. The average molecular weight is 419 g/mol. The van der Waals surface area contributed by atoms with E-state index in [1.807, 2.05) is 29.5 Å². The van der Waals surface area contributed by atoms with Gasteiger partial charge in [0.1, 0.15) is 5.58 Å². The van der Waals surface area contributed by atoms with Gasteiger partial charge in [0.05, 0.1) is 15.2 Å². The summed E-state index contributed by atoms with van der Waals surface area (Å²) in [6.07, 6.45) is 6.68. The monoisotopic (exact) mass is 418 g/mol. The number of furan rings is 1. The summed E-state index contributed by atoms with van der Waals surface area (Å²) in [4.78, 5) is 18.5. The van der Waals surface area contributed by atoms with Crippen molar-refractivity contribution in [2.45, 2.75) is 38.5 Å². The standard InChI is InChI=1S/C19H19BrN2O2S/c20-13-6-3-5-12-11-15(24-18(12)13)19(23)21-10-4-9-17-22-14-7-1-2-8-16(14)25-17/h3,5-6,11H,1-2,4,7-10H2,(H,21,23). The van der Waals surface area contributed by atoms with Crippen LogP contribution in [0.3, 0.4) is 0 Å². The topological polar surface area (TPSA) is 55.1 Å². The summed E-state index contributed by atoms with van der Waals surface area (Å²) < 4.78 is 6.52. The first-order valence-electron chi connectivity index (χ1n) is 8.64. The maximum atomic E-state index is 12.3. The van der Waals surface area contributed by atoms with Gasteiger partial charge in [-0.05, 0) is 60.2 Å². The van der Waals surface area contributed by atoms with E-state index in [-0.39, 0.29) is 5.91 Å². The van der Waals surface area contributed by atoms with Crippen LogP contribution in [0.15, 0.2) is 33.2 Å². The summed E-state index contributed by atoms with van der Waals surface area (Å²) in [5, 5.41) is 5.07. The summed E-state index contributed by atoms with van der Waals surface area (Å²) in [6.45, 7) is 0.626. The van der Waals surface area contributed by atoms with Crippen LogP contribution < -0.4 is 5.32 Å². The summed E-state index contributed by atoms with van der Waals surface area (Å²) in [5.41, 5.74) is 2.02. The van der Waals surface area contributed by atoms with Gasteiger partial charge in [-0.2, -0.15) is 0 Å². The van der Waals surface area contributed by atoms with Gasteiger partial charge in [-0.3, -0.25) is 4.79 Å². The van der Waals surface area contributed by atoms with Crippen LogP contribution in [0.1, 0.15) is 45.4 Å².